The number of anilines is 1. The fourth-order valence-electron chi connectivity index (χ4n) is 0.702. The molecule has 5 heteroatoms. The van der Waals surface area contributed by atoms with Gasteiger partial charge in [-0.15, -0.1) is 5.10 Å². The Bertz CT molecular complexity index is 302. The van der Waals surface area contributed by atoms with Crippen molar-refractivity contribution in [3.63, 3.8) is 0 Å². The second-order valence-electron chi connectivity index (χ2n) is 2.23. The molecule has 0 radical (unpaired) electrons. The Hall–Kier alpha value is -1.65. The molecule has 0 aromatic carbocycles. The molecule has 0 spiro atoms. The van der Waals surface area contributed by atoms with Crippen molar-refractivity contribution >= 4 is 11.9 Å². The second-order valence-corrected chi connectivity index (χ2v) is 2.23. The summed E-state index contributed by atoms with van der Waals surface area (Å²) in [7, 11) is 0. The highest BCUT2D eigenvalue weighted by Crippen LogP contribution is 1.96. The summed E-state index contributed by atoms with van der Waals surface area (Å²) in [6.07, 6.45) is 3.06. The number of carbonyl (C=O) groups excluding carboxylic acids is 1. The third-order valence-electron chi connectivity index (χ3n) is 1.15. The van der Waals surface area contributed by atoms with Gasteiger partial charge in [0, 0.05) is 0 Å². The van der Waals surface area contributed by atoms with Crippen LogP contribution >= 0.6 is 0 Å². The Kier molecular flexibility index (Phi) is 2.57. The molecule has 1 aromatic heterocycles. The van der Waals surface area contributed by atoms with Gasteiger partial charge in [-0.05, 0) is 19.9 Å². The van der Waals surface area contributed by atoms with Crippen LogP contribution in [0.3, 0.4) is 0 Å². The monoisotopic (exact) mass is 166 g/mol. The zero-order valence-electron chi connectivity index (χ0n) is 6.96. The van der Waals surface area contributed by atoms with E-state index in [0.29, 0.717) is 11.8 Å². The molecule has 12 heavy (non-hydrogen) atoms. The van der Waals surface area contributed by atoms with E-state index < -0.39 is 0 Å². The molecule has 0 aliphatic heterocycles. The summed E-state index contributed by atoms with van der Waals surface area (Å²) in [5, 5.41) is 8.84. The quantitative estimate of drug-likeness (QED) is 0.633. The molecule has 5 nitrogen and oxygen atoms in total. The van der Waals surface area contributed by atoms with Crippen molar-refractivity contribution in [1.29, 1.82) is 0 Å². The first-order valence-corrected chi connectivity index (χ1v) is 3.55. The topological polar surface area (TPSA) is 70.7 Å². The lowest BCUT2D eigenvalue weighted by molar-refractivity contribution is -0.111. The van der Waals surface area contributed by atoms with Gasteiger partial charge >= 0.3 is 0 Å². The molecule has 1 amide bonds. The fourth-order valence-corrected chi connectivity index (χ4v) is 0.702. The number of carbonyl (C=O) groups is 1. The smallest absolute Gasteiger partial charge is 0.250 e. The average molecular weight is 166 g/mol. The van der Waals surface area contributed by atoms with Gasteiger partial charge in [-0.25, -0.2) is 0 Å². The van der Waals surface area contributed by atoms with Crippen LogP contribution < -0.4 is 5.32 Å². The van der Waals surface area contributed by atoms with Gasteiger partial charge in [0.2, 0.25) is 11.9 Å². The van der Waals surface area contributed by atoms with Gasteiger partial charge in [0.25, 0.3) is 0 Å². The lowest BCUT2D eigenvalue weighted by Crippen LogP contribution is -2.08. The van der Waals surface area contributed by atoms with Crippen molar-refractivity contribution in [1.82, 2.24) is 15.2 Å². The van der Waals surface area contributed by atoms with E-state index in [4.69, 9.17) is 0 Å². The fraction of sp³-hybridized carbons (Fsp3) is 0.286. The van der Waals surface area contributed by atoms with E-state index in [9.17, 15) is 4.79 Å². The van der Waals surface area contributed by atoms with E-state index in [2.05, 4.69) is 20.5 Å². The molecule has 1 heterocycles. The average Bonchev–Trinajstić information content (AvgIpc) is 2.36. The number of allylic oxidation sites excluding steroid dienone is 1. The Morgan fingerprint density at radius 2 is 2.42 bits per heavy atom. The molecule has 64 valence electrons. The number of hydrogen-bond acceptors (Lipinski definition) is 3. The van der Waals surface area contributed by atoms with Gasteiger partial charge < -0.3 is 0 Å². The molecule has 0 aliphatic rings. The molecule has 1 aromatic rings. The maximum absolute atomic E-state index is 10.9. The number of aryl methyl sites for hydroxylation is 1. The van der Waals surface area contributed by atoms with Crippen LogP contribution in [0.15, 0.2) is 12.2 Å². The Balaban J connectivity index is 2.58. The lowest BCUT2D eigenvalue weighted by Gasteiger charge is -1.91. The van der Waals surface area contributed by atoms with E-state index >= 15 is 0 Å². The van der Waals surface area contributed by atoms with Crippen molar-refractivity contribution < 1.29 is 4.79 Å². The van der Waals surface area contributed by atoms with Gasteiger partial charge in [-0.1, -0.05) is 6.08 Å². The molecule has 0 saturated heterocycles. The number of H-pyrrole nitrogens is 1. The SMILES string of the molecule is C/C=C/C(=O)Nc1n[nH]c(C)n1. The highest BCUT2D eigenvalue weighted by molar-refractivity contribution is 5.97. The number of aromatic nitrogens is 3. The van der Waals surface area contributed by atoms with E-state index in [-0.39, 0.29) is 5.91 Å². The molecular weight excluding hydrogens is 156 g/mol. The Labute approximate surface area is 69.9 Å². The second kappa shape index (κ2) is 3.66. The largest absolute Gasteiger partial charge is 0.290 e. The first kappa shape index (κ1) is 8.45. The van der Waals surface area contributed by atoms with Crippen molar-refractivity contribution in [2.24, 2.45) is 0 Å². The van der Waals surface area contributed by atoms with E-state index in [1.807, 2.05) is 0 Å². The van der Waals surface area contributed by atoms with Gasteiger partial charge in [-0.3, -0.25) is 15.2 Å². The summed E-state index contributed by atoms with van der Waals surface area (Å²) in [6.45, 7) is 3.53. The molecule has 0 fully saturated rings. The van der Waals surface area contributed by atoms with Crippen molar-refractivity contribution in [3.8, 4) is 0 Å². The van der Waals surface area contributed by atoms with Gasteiger partial charge in [0.15, 0.2) is 0 Å². The van der Waals surface area contributed by atoms with E-state index in [0.717, 1.165) is 0 Å². The summed E-state index contributed by atoms with van der Waals surface area (Å²) < 4.78 is 0. The van der Waals surface area contributed by atoms with Gasteiger partial charge in [0.05, 0.1) is 0 Å². The highest BCUT2D eigenvalue weighted by atomic mass is 16.1. The summed E-state index contributed by atoms with van der Waals surface area (Å²) in [6, 6.07) is 0. The zero-order chi connectivity index (χ0) is 8.97. The van der Waals surface area contributed by atoms with Gasteiger partial charge in [-0.2, -0.15) is 4.98 Å². The minimum absolute atomic E-state index is 0.225. The molecule has 0 bridgehead atoms. The van der Waals surface area contributed by atoms with Crippen molar-refractivity contribution in [2.75, 3.05) is 5.32 Å². The standard InChI is InChI=1S/C7H10N4O/c1-3-4-6(12)9-7-8-5(2)10-11-7/h3-4H,1-2H3,(H2,8,9,10,11,12)/b4-3+. The normalized spacial score (nSPS) is 10.5. The number of amides is 1. The number of hydrogen-bond donors (Lipinski definition) is 2. The summed E-state index contributed by atoms with van der Waals surface area (Å²) in [5.74, 6) is 0.748. The molecule has 0 saturated carbocycles. The van der Waals surface area contributed by atoms with Crippen LogP contribution in [-0.2, 0) is 4.79 Å². The van der Waals surface area contributed by atoms with Crippen LogP contribution in [0.25, 0.3) is 0 Å². The summed E-state index contributed by atoms with van der Waals surface area (Å²) in [5.41, 5.74) is 0. The minimum atomic E-state index is -0.225. The van der Waals surface area contributed by atoms with Crippen LogP contribution in [0, 0.1) is 6.92 Å². The van der Waals surface area contributed by atoms with Crippen LogP contribution in [0.1, 0.15) is 12.7 Å². The third kappa shape index (κ3) is 2.19. The molecule has 0 unspecified atom stereocenters. The van der Waals surface area contributed by atoms with Crippen LogP contribution in [0.4, 0.5) is 5.95 Å². The molecular formula is C7H10N4O. The molecule has 0 atom stereocenters. The number of aromatic amines is 1. The predicted molar refractivity (Wildman–Crippen MR) is 44.6 cm³/mol. The number of rotatable bonds is 2. The van der Waals surface area contributed by atoms with Crippen LogP contribution in [0.2, 0.25) is 0 Å². The predicted octanol–water partition coefficient (Wildman–Crippen LogP) is 0.628. The zero-order valence-corrected chi connectivity index (χ0v) is 6.96. The maximum Gasteiger partial charge on any atom is 0.250 e. The number of nitrogens with zero attached hydrogens (tertiary/aromatic N) is 2. The van der Waals surface area contributed by atoms with Gasteiger partial charge in [0.1, 0.15) is 5.82 Å². The van der Waals surface area contributed by atoms with Crippen LogP contribution in [0.5, 0.6) is 0 Å². The number of nitrogens with one attached hydrogen (secondary N) is 2. The maximum atomic E-state index is 10.9. The first-order chi connectivity index (χ1) is 5.72. The molecule has 1 rings (SSSR count). The first-order valence-electron chi connectivity index (χ1n) is 3.55. The minimum Gasteiger partial charge on any atom is -0.290 e. The third-order valence-corrected chi connectivity index (χ3v) is 1.15. The van der Waals surface area contributed by atoms with Crippen LogP contribution in [-0.4, -0.2) is 21.1 Å². The summed E-state index contributed by atoms with van der Waals surface area (Å²) in [4.78, 5) is 14.8. The molecule has 2 N–H and O–H groups in total. The molecule has 0 aliphatic carbocycles. The Morgan fingerprint density at radius 3 is 2.92 bits per heavy atom. The summed E-state index contributed by atoms with van der Waals surface area (Å²) >= 11 is 0. The van der Waals surface area contributed by atoms with E-state index in [1.54, 1.807) is 19.9 Å². The van der Waals surface area contributed by atoms with Crippen molar-refractivity contribution in [3.05, 3.63) is 18.0 Å². The Morgan fingerprint density at radius 1 is 1.67 bits per heavy atom. The van der Waals surface area contributed by atoms with E-state index in [1.165, 1.54) is 6.08 Å². The highest BCUT2D eigenvalue weighted by Gasteiger charge is 2.00. The lowest BCUT2D eigenvalue weighted by atomic mass is 10.5. The van der Waals surface area contributed by atoms with Crippen molar-refractivity contribution in [2.45, 2.75) is 13.8 Å².